The van der Waals surface area contributed by atoms with Crippen LogP contribution in [-0.2, 0) is 9.53 Å². The SMILES string of the molecule is C/C=C/CCCCCC(=O)OC(C)(C)C. The Hall–Kier alpha value is -0.790. The number of ether oxygens (including phenoxy) is 1. The van der Waals surface area contributed by atoms with Gasteiger partial charge in [0.1, 0.15) is 5.60 Å². The lowest BCUT2D eigenvalue weighted by molar-refractivity contribution is -0.154. The van der Waals surface area contributed by atoms with E-state index in [0.29, 0.717) is 6.42 Å². The third kappa shape index (κ3) is 11.1. The Morgan fingerprint density at radius 1 is 1.20 bits per heavy atom. The van der Waals surface area contributed by atoms with Crippen molar-refractivity contribution in [1.82, 2.24) is 0 Å². The van der Waals surface area contributed by atoms with E-state index in [1.807, 2.05) is 27.7 Å². The smallest absolute Gasteiger partial charge is 0.306 e. The minimum absolute atomic E-state index is 0.0754. The molecule has 0 aromatic rings. The van der Waals surface area contributed by atoms with E-state index in [-0.39, 0.29) is 11.6 Å². The van der Waals surface area contributed by atoms with E-state index in [4.69, 9.17) is 4.74 Å². The van der Waals surface area contributed by atoms with E-state index in [0.717, 1.165) is 25.7 Å². The maximum Gasteiger partial charge on any atom is 0.306 e. The van der Waals surface area contributed by atoms with Gasteiger partial charge in [-0.15, -0.1) is 0 Å². The van der Waals surface area contributed by atoms with Gasteiger partial charge in [-0.1, -0.05) is 18.6 Å². The first-order valence-corrected chi connectivity index (χ1v) is 5.78. The molecule has 0 fully saturated rings. The van der Waals surface area contributed by atoms with Crippen LogP contribution in [0.5, 0.6) is 0 Å². The summed E-state index contributed by atoms with van der Waals surface area (Å²) in [6.45, 7) is 7.73. The molecule has 0 N–H and O–H groups in total. The number of unbranched alkanes of at least 4 members (excludes halogenated alkanes) is 3. The standard InChI is InChI=1S/C13H24O2/c1-5-6-7-8-9-10-11-12(14)15-13(2,3)4/h5-6H,7-11H2,1-4H3/b6-5+. The van der Waals surface area contributed by atoms with Gasteiger partial charge in [-0.25, -0.2) is 0 Å². The van der Waals surface area contributed by atoms with E-state index in [2.05, 4.69) is 12.2 Å². The fourth-order valence-corrected chi connectivity index (χ4v) is 1.27. The highest BCUT2D eigenvalue weighted by molar-refractivity contribution is 5.69. The summed E-state index contributed by atoms with van der Waals surface area (Å²) in [6, 6.07) is 0. The summed E-state index contributed by atoms with van der Waals surface area (Å²) in [5.41, 5.74) is -0.345. The second-order valence-corrected chi connectivity index (χ2v) is 4.75. The molecule has 0 bridgehead atoms. The lowest BCUT2D eigenvalue weighted by atomic mass is 10.1. The molecule has 15 heavy (non-hydrogen) atoms. The molecule has 0 aliphatic heterocycles. The first-order valence-electron chi connectivity index (χ1n) is 5.78. The number of hydrogen-bond donors (Lipinski definition) is 0. The average Bonchev–Trinajstić information content (AvgIpc) is 2.08. The Kier molecular flexibility index (Phi) is 7.10. The molecule has 0 spiro atoms. The zero-order valence-corrected chi connectivity index (χ0v) is 10.5. The quantitative estimate of drug-likeness (QED) is 0.380. The molecule has 2 nitrogen and oxygen atoms in total. The summed E-state index contributed by atoms with van der Waals surface area (Å²) in [4.78, 5) is 11.3. The molecule has 0 heterocycles. The van der Waals surface area contributed by atoms with Gasteiger partial charge in [-0.3, -0.25) is 4.79 Å². The Labute approximate surface area is 93.7 Å². The summed E-state index contributed by atoms with van der Waals surface area (Å²) in [5.74, 6) is -0.0754. The summed E-state index contributed by atoms with van der Waals surface area (Å²) in [6.07, 6.45) is 9.09. The van der Waals surface area contributed by atoms with Crippen molar-refractivity contribution in [2.24, 2.45) is 0 Å². The van der Waals surface area contributed by atoms with Gasteiger partial charge in [-0.05, 0) is 47.0 Å². The van der Waals surface area contributed by atoms with Crippen LogP contribution in [0.2, 0.25) is 0 Å². The van der Waals surface area contributed by atoms with Crippen LogP contribution in [0.1, 0.15) is 59.8 Å². The first-order chi connectivity index (χ1) is 6.95. The first kappa shape index (κ1) is 14.2. The normalized spacial score (nSPS) is 12.0. The Balaban J connectivity index is 3.40. The van der Waals surface area contributed by atoms with E-state index >= 15 is 0 Å². The van der Waals surface area contributed by atoms with Crippen molar-refractivity contribution in [1.29, 1.82) is 0 Å². The number of hydrogen-bond acceptors (Lipinski definition) is 2. The zero-order chi connectivity index (χ0) is 11.7. The highest BCUT2D eigenvalue weighted by atomic mass is 16.6. The Morgan fingerprint density at radius 3 is 2.40 bits per heavy atom. The average molecular weight is 212 g/mol. The van der Waals surface area contributed by atoms with Crippen molar-refractivity contribution in [3.63, 3.8) is 0 Å². The number of allylic oxidation sites excluding steroid dienone is 2. The van der Waals surface area contributed by atoms with Crippen LogP contribution in [-0.4, -0.2) is 11.6 Å². The van der Waals surface area contributed by atoms with Crippen LogP contribution < -0.4 is 0 Å². The molecule has 88 valence electrons. The molecule has 0 amide bonds. The summed E-state index contributed by atoms with van der Waals surface area (Å²) in [5, 5.41) is 0. The molecule has 0 saturated carbocycles. The van der Waals surface area contributed by atoms with E-state index < -0.39 is 0 Å². The predicted octanol–water partition coefficient (Wildman–Crippen LogP) is 3.85. The van der Waals surface area contributed by atoms with Gasteiger partial charge in [-0.2, -0.15) is 0 Å². The molecule has 0 aromatic carbocycles. The van der Waals surface area contributed by atoms with Gasteiger partial charge < -0.3 is 4.74 Å². The van der Waals surface area contributed by atoms with Crippen molar-refractivity contribution in [2.75, 3.05) is 0 Å². The number of carbonyl (C=O) groups excluding carboxylic acids is 1. The molecule has 0 aliphatic rings. The third-order valence-corrected chi connectivity index (χ3v) is 1.91. The Morgan fingerprint density at radius 2 is 1.87 bits per heavy atom. The van der Waals surface area contributed by atoms with Gasteiger partial charge in [0.15, 0.2) is 0 Å². The molecule has 0 rings (SSSR count). The van der Waals surface area contributed by atoms with Crippen LogP contribution in [0.25, 0.3) is 0 Å². The minimum atomic E-state index is -0.345. The van der Waals surface area contributed by atoms with Crippen LogP contribution in [0.15, 0.2) is 12.2 Å². The number of carbonyl (C=O) groups is 1. The van der Waals surface area contributed by atoms with E-state index in [1.54, 1.807) is 0 Å². The highest BCUT2D eigenvalue weighted by Gasteiger charge is 2.15. The van der Waals surface area contributed by atoms with Gasteiger partial charge >= 0.3 is 5.97 Å². The fourth-order valence-electron chi connectivity index (χ4n) is 1.27. The number of rotatable bonds is 6. The lowest BCUT2D eigenvalue weighted by Crippen LogP contribution is -2.23. The third-order valence-electron chi connectivity index (χ3n) is 1.91. The maximum atomic E-state index is 11.3. The van der Waals surface area contributed by atoms with Crippen LogP contribution >= 0.6 is 0 Å². The van der Waals surface area contributed by atoms with Crippen LogP contribution in [0, 0.1) is 0 Å². The molecule has 0 aliphatic carbocycles. The van der Waals surface area contributed by atoms with Crippen LogP contribution in [0.3, 0.4) is 0 Å². The van der Waals surface area contributed by atoms with Crippen LogP contribution in [0.4, 0.5) is 0 Å². The molecule has 0 atom stereocenters. The maximum absolute atomic E-state index is 11.3. The molecular formula is C13H24O2. The molecule has 0 saturated heterocycles. The monoisotopic (exact) mass is 212 g/mol. The second-order valence-electron chi connectivity index (χ2n) is 4.75. The zero-order valence-electron chi connectivity index (χ0n) is 10.5. The summed E-state index contributed by atoms with van der Waals surface area (Å²) in [7, 11) is 0. The minimum Gasteiger partial charge on any atom is -0.460 e. The molecule has 2 heteroatoms. The van der Waals surface area contributed by atoms with Crippen molar-refractivity contribution in [3.8, 4) is 0 Å². The van der Waals surface area contributed by atoms with Crippen molar-refractivity contribution in [3.05, 3.63) is 12.2 Å². The molecule has 0 unspecified atom stereocenters. The summed E-state index contributed by atoms with van der Waals surface area (Å²) >= 11 is 0. The largest absolute Gasteiger partial charge is 0.460 e. The highest BCUT2D eigenvalue weighted by Crippen LogP contribution is 2.11. The van der Waals surface area contributed by atoms with Crippen molar-refractivity contribution < 1.29 is 9.53 Å². The molecule has 0 aromatic heterocycles. The molecular weight excluding hydrogens is 188 g/mol. The lowest BCUT2D eigenvalue weighted by Gasteiger charge is -2.19. The van der Waals surface area contributed by atoms with E-state index in [9.17, 15) is 4.79 Å². The van der Waals surface area contributed by atoms with Gasteiger partial charge in [0, 0.05) is 6.42 Å². The van der Waals surface area contributed by atoms with Crippen molar-refractivity contribution >= 4 is 5.97 Å². The predicted molar refractivity (Wildman–Crippen MR) is 63.7 cm³/mol. The molecule has 0 radical (unpaired) electrons. The van der Waals surface area contributed by atoms with Gasteiger partial charge in [0.2, 0.25) is 0 Å². The Bertz CT molecular complexity index is 199. The van der Waals surface area contributed by atoms with Gasteiger partial charge in [0.05, 0.1) is 0 Å². The fraction of sp³-hybridized carbons (Fsp3) is 0.769. The summed E-state index contributed by atoms with van der Waals surface area (Å²) < 4.78 is 5.21. The van der Waals surface area contributed by atoms with E-state index in [1.165, 1.54) is 0 Å². The number of esters is 1. The van der Waals surface area contributed by atoms with Crippen molar-refractivity contribution in [2.45, 2.75) is 65.4 Å². The van der Waals surface area contributed by atoms with Gasteiger partial charge in [0.25, 0.3) is 0 Å². The topological polar surface area (TPSA) is 26.3 Å². The second kappa shape index (κ2) is 7.49.